The van der Waals surface area contributed by atoms with E-state index in [2.05, 4.69) is 12.2 Å². The van der Waals surface area contributed by atoms with Crippen LogP contribution in [0.25, 0.3) is 0 Å². The summed E-state index contributed by atoms with van der Waals surface area (Å²) in [6.07, 6.45) is 2.59. The molecule has 0 heterocycles. The Morgan fingerprint density at radius 3 is 2.44 bits per heavy atom. The van der Waals surface area contributed by atoms with Crippen LogP contribution in [0.15, 0.2) is 12.2 Å². The Labute approximate surface area is 57.6 Å². The van der Waals surface area contributed by atoms with Gasteiger partial charge in [-0.2, -0.15) is 0 Å². The van der Waals surface area contributed by atoms with Crippen molar-refractivity contribution in [3.63, 3.8) is 0 Å². The van der Waals surface area contributed by atoms with Gasteiger partial charge in [0.1, 0.15) is 0 Å². The van der Waals surface area contributed by atoms with Crippen molar-refractivity contribution in [2.24, 2.45) is 0 Å². The molecule has 0 atom stereocenters. The minimum atomic E-state index is -0.204. The average Bonchev–Trinajstić information content (AvgIpc) is 1.80. The molecule has 0 spiro atoms. The molecule has 0 fully saturated rings. The summed E-state index contributed by atoms with van der Waals surface area (Å²) in [6.45, 7) is 0. The summed E-state index contributed by atoms with van der Waals surface area (Å²) in [4.78, 5) is 21.3. The molecule has 0 aromatic rings. The fraction of sp³-hybridized carbons (Fsp3) is 0.167. The Morgan fingerprint density at radius 1 is 1.33 bits per heavy atom. The second-order valence-corrected chi connectivity index (χ2v) is 2.26. The van der Waals surface area contributed by atoms with Crippen LogP contribution in [0, 0.1) is 0 Å². The lowest BCUT2D eigenvalue weighted by Gasteiger charge is -1.99. The first-order valence-electron chi connectivity index (χ1n) is 2.48. The molecule has 0 amide bonds. The summed E-state index contributed by atoms with van der Waals surface area (Å²) < 4.78 is 0. The normalized spacial score (nSPS) is 18.9. The highest BCUT2D eigenvalue weighted by Crippen LogP contribution is 1.99. The summed E-state index contributed by atoms with van der Waals surface area (Å²) in [5.74, 6) is -0.288. The van der Waals surface area contributed by atoms with Crippen LogP contribution in [0.1, 0.15) is 6.42 Å². The van der Waals surface area contributed by atoms with E-state index in [1.54, 1.807) is 0 Å². The zero-order valence-electron chi connectivity index (χ0n) is 4.59. The van der Waals surface area contributed by atoms with Crippen LogP contribution in [0.2, 0.25) is 0 Å². The van der Waals surface area contributed by atoms with E-state index in [1.165, 1.54) is 12.2 Å². The maximum Gasteiger partial charge on any atom is 0.193 e. The molecule has 0 bridgehead atoms. The summed E-state index contributed by atoms with van der Waals surface area (Å²) in [5, 5.41) is 0. The topological polar surface area (TPSA) is 34.1 Å². The number of allylic oxidation sites excluding steroid dienone is 2. The standard InChI is InChI=1S/C6H4O2S/c7-4-1-2-5(8)6(9)3-4/h1-2H,3H2. The molecule has 1 rings (SSSR count). The van der Waals surface area contributed by atoms with Crippen LogP contribution >= 0.6 is 12.2 Å². The van der Waals surface area contributed by atoms with Crippen LogP contribution in [-0.4, -0.2) is 16.4 Å². The van der Waals surface area contributed by atoms with Crippen molar-refractivity contribution in [3.8, 4) is 0 Å². The summed E-state index contributed by atoms with van der Waals surface area (Å²) in [7, 11) is 0. The molecule has 0 radical (unpaired) electrons. The van der Waals surface area contributed by atoms with Crippen LogP contribution < -0.4 is 0 Å². The minimum Gasteiger partial charge on any atom is -0.294 e. The Balaban J connectivity index is 2.89. The Hall–Kier alpha value is -0.830. The number of ketones is 2. The molecule has 0 saturated carbocycles. The first kappa shape index (κ1) is 6.29. The highest BCUT2D eigenvalue weighted by Gasteiger charge is 2.14. The predicted octanol–water partition coefficient (Wildman–Crippen LogP) is 0.454. The lowest BCUT2D eigenvalue weighted by molar-refractivity contribution is -0.115. The maximum atomic E-state index is 10.6. The third kappa shape index (κ3) is 1.29. The first-order chi connectivity index (χ1) is 4.20. The van der Waals surface area contributed by atoms with Gasteiger partial charge in [-0.1, -0.05) is 12.2 Å². The van der Waals surface area contributed by atoms with E-state index in [1.807, 2.05) is 0 Å². The van der Waals surface area contributed by atoms with Crippen molar-refractivity contribution in [1.29, 1.82) is 0 Å². The lowest BCUT2D eigenvalue weighted by Crippen LogP contribution is -2.17. The molecule has 9 heavy (non-hydrogen) atoms. The van der Waals surface area contributed by atoms with E-state index in [0.29, 0.717) is 0 Å². The van der Waals surface area contributed by atoms with Crippen molar-refractivity contribution in [2.75, 3.05) is 0 Å². The smallest absolute Gasteiger partial charge is 0.193 e. The van der Waals surface area contributed by atoms with E-state index in [0.717, 1.165) is 0 Å². The Morgan fingerprint density at radius 2 is 2.00 bits per heavy atom. The van der Waals surface area contributed by atoms with E-state index in [-0.39, 0.29) is 22.9 Å². The van der Waals surface area contributed by atoms with Gasteiger partial charge in [-0.15, -0.1) is 0 Å². The van der Waals surface area contributed by atoms with E-state index in [9.17, 15) is 9.59 Å². The van der Waals surface area contributed by atoms with Crippen molar-refractivity contribution in [3.05, 3.63) is 12.2 Å². The molecule has 46 valence electrons. The molecular weight excluding hydrogens is 136 g/mol. The molecule has 0 unspecified atom stereocenters. The fourth-order valence-electron chi connectivity index (χ4n) is 0.566. The fourth-order valence-corrected chi connectivity index (χ4v) is 0.776. The van der Waals surface area contributed by atoms with Gasteiger partial charge < -0.3 is 0 Å². The van der Waals surface area contributed by atoms with Gasteiger partial charge in [-0.25, -0.2) is 0 Å². The van der Waals surface area contributed by atoms with Crippen molar-refractivity contribution >= 4 is 28.6 Å². The Bertz CT molecular complexity index is 215. The van der Waals surface area contributed by atoms with Crippen LogP contribution in [0.3, 0.4) is 0 Å². The van der Waals surface area contributed by atoms with Gasteiger partial charge in [0.2, 0.25) is 0 Å². The third-order valence-electron chi connectivity index (χ3n) is 1.03. The lowest BCUT2D eigenvalue weighted by atomic mass is 10.1. The summed E-state index contributed by atoms with van der Waals surface area (Å²) in [5.41, 5.74) is 0. The molecule has 2 nitrogen and oxygen atoms in total. The molecule has 3 heteroatoms. The number of hydrogen-bond acceptors (Lipinski definition) is 3. The maximum absolute atomic E-state index is 10.6. The monoisotopic (exact) mass is 140 g/mol. The molecule has 0 aromatic carbocycles. The highest BCUT2D eigenvalue weighted by atomic mass is 32.1. The molecule has 0 saturated heterocycles. The highest BCUT2D eigenvalue weighted by molar-refractivity contribution is 7.82. The quantitative estimate of drug-likeness (QED) is 0.458. The molecule has 1 aliphatic carbocycles. The third-order valence-corrected chi connectivity index (χ3v) is 1.38. The molecule has 0 aliphatic heterocycles. The van der Waals surface area contributed by atoms with Gasteiger partial charge in [-0.05, 0) is 12.2 Å². The van der Waals surface area contributed by atoms with Crippen molar-refractivity contribution in [1.82, 2.24) is 0 Å². The molecular formula is C6H4O2S. The largest absolute Gasteiger partial charge is 0.294 e. The summed E-state index contributed by atoms with van der Waals surface area (Å²) in [6, 6.07) is 0. The SMILES string of the molecule is O=C1C=CC(=O)C(=S)C1. The number of rotatable bonds is 0. The zero-order chi connectivity index (χ0) is 6.85. The predicted molar refractivity (Wildman–Crippen MR) is 36.4 cm³/mol. The van der Waals surface area contributed by atoms with E-state index < -0.39 is 0 Å². The van der Waals surface area contributed by atoms with Gasteiger partial charge in [0, 0.05) is 6.42 Å². The van der Waals surface area contributed by atoms with E-state index in [4.69, 9.17) is 0 Å². The van der Waals surface area contributed by atoms with Gasteiger partial charge in [0.25, 0.3) is 0 Å². The number of thiocarbonyl (C=S) groups is 1. The number of carbonyl (C=O) groups excluding carboxylic acids is 2. The van der Waals surface area contributed by atoms with Gasteiger partial charge in [0.15, 0.2) is 11.6 Å². The Kier molecular flexibility index (Phi) is 1.53. The van der Waals surface area contributed by atoms with Crippen molar-refractivity contribution in [2.45, 2.75) is 6.42 Å². The molecule has 0 aromatic heterocycles. The van der Waals surface area contributed by atoms with Crippen LogP contribution in [0.4, 0.5) is 0 Å². The zero-order valence-corrected chi connectivity index (χ0v) is 5.40. The van der Waals surface area contributed by atoms with Crippen molar-refractivity contribution < 1.29 is 9.59 Å². The second kappa shape index (κ2) is 2.19. The van der Waals surface area contributed by atoms with Gasteiger partial charge >= 0.3 is 0 Å². The average molecular weight is 140 g/mol. The minimum absolute atomic E-state index is 0.0837. The van der Waals surface area contributed by atoms with Gasteiger partial charge in [-0.3, -0.25) is 9.59 Å². The molecule has 1 aliphatic rings. The first-order valence-corrected chi connectivity index (χ1v) is 2.89. The number of carbonyl (C=O) groups is 2. The van der Waals surface area contributed by atoms with Gasteiger partial charge in [0.05, 0.1) is 4.86 Å². The van der Waals surface area contributed by atoms with Crippen LogP contribution in [-0.2, 0) is 9.59 Å². The number of hydrogen-bond donors (Lipinski definition) is 0. The van der Waals surface area contributed by atoms with E-state index >= 15 is 0 Å². The molecule has 0 N–H and O–H groups in total. The van der Waals surface area contributed by atoms with Crippen LogP contribution in [0.5, 0.6) is 0 Å². The summed E-state index contributed by atoms with van der Waals surface area (Å²) >= 11 is 4.58. The second-order valence-electron chi connectivity index (χ2n) is 1.76.